The second kappa shape index (κ2) is 6.42. The molecule has 5 atom stereocenters. The van der Waals surface area contributed by atoms with Gasteiger partial charge in [-0.3, -0.25) is 14.3 Å². The quantitative estimate of drug-likeness (QED) is 0.702. The summed E-state index contributed by atoms with van der Waals surface area (Å²) in [5.41, 5.74) is 0.175. The number of aliphatic hydroxyl groups excluding tert-OH is 2. The molecule has 2 aliphatic heterocycles. The molecule has 2 fully saturated rings. The Labute approximate surface area is 155 Å². The summed E-state index contributed by atoms with van der Waals surface area (Å²) in [5.74, 6) is 0. The Balaban J connectivity index is 1.81. The van der Waals surface area contributed by atoms with Crippen molar-refractivity contribution in [3.63, 3.8) is 0 Å². The lowest BCUT2D eigenvalue weighted by Gasteiger charge is -2.29. The van der Waals surface area contributed by atoms with Crippen molar-refractivity contribution in [2.24, 2.45) is 0 Å². The van der Waals surface area contributed by atoms with E-state index in [1.807, 2.05) is 31.2 Å². The van der Waals surface area contributed by atoms with Gasteiger partial charge in [0.1, 0.15) is 30.1 Å². The normalized spacial score (nSPS) is 32.6. The summed E-state index contributed by atoms with van der Waals surface area (Å²) >= 11 is 0. The highest BCUT2D eigenvalue weighted by molar-refractivity contribution is 5.35. The first kappa shape index (κ1) is 18.1. The standard InChI is InChI=1S/C19H22N2O6/c1-10-5-3-4-6-12(10)19-7-14(21-8-11(2)17(24)20-18(21)25)26-16(19)15(23)13(9-22)27-19/h3-6,8,13-16,22-23H,7,9H2,1-2H3,(H,20,24,25)/t13-,14-,15-,16?,19+/m1/s1. The van der Waals surface area contributed by atoms with Gasteiger partial charge in [0.05, 0.1) is 6.61 Å². The Hall–Kier alpha value is -2.26. The third-order valence-electron chi connectivity index (χ3n) is 5.53. The number of aryl methyl sites for hydroxylation is 2. The number of benzene rings is 1. The van der Waals surface area contributed by atoms with E-state index in [-0.39, 0.29) is 13.0 Å². The van der Waals surface area contributed by atoms with Gasteiger partial charge in [-0.2, -0.15) is 0 Å². The molecule has 27 heavy (non-hydrogen) atoms. The average Bonchev–Trinajstić information content (AvgIpc) is 3.13. The van der Waals surface area contributed by atoms with E-state index < -0.39 is 41.4 Å². The molecule has 2 aromatic rings. The number of nitrogens with one attached hydrogen (secondary N) is 1. The van der Waals surface area contributed by atoms with Crippen LogP contribution in [0, 0.1) is 13.8 Å². The smallest absolute Gasteiger partial charge is 0.330 e. The maximum absolute atomic E-state index is 12.3. The number of hydrogen-bond donors (Lipinski definition) is 3. The molecule has 8 heteroatoms. The first-order valence-corrected chi connectivity index (χ1v) is 8.88. The van der Waals surface area contributed by atoms with Crippen molar-refractivity contribution in [3.8, 4) is 0 Å². The number of nitrogens with zero attached hydrogens (tertiary/aromatic N) is 1. The fourth-order valence-corrected chi connectivity index (χ4v) is 4.19. The third-order valence-corrected chi connectivity index (χ3v) is 5.53. The fourth-order valence-electron chi connectivity index (χ4n) is 4.19. The number of aromatic nitrogens is 2. The molecule has 8 nitrogen and oxygen atoms in total. The molecular formula is C19H22N2O6. The maximum atomic E-state index is 12.3. The third kappa shape index (κ3) is 2.68. The molecule has 1 aromatic heterocycles. The zero-order valence-corrected chi connectivity index (χ0v) is 15.1. The lowest BCUT2D eigenvalue weighted by atomic mass is 9.83. The Morgan fingerprint density at radius 1 is 1.26 bits per heavy atom. The van der Waals surface area contributed by atoms with Gasteiger partial charge in [-0.15, -0.1) is 0 Å². The van der Waals surface area contributed by atoms with Crippen LogP contribution in [-0.2, 0) is 15.1 Å². The number of ether oxygens (including phenoxy) is 2. The fraction of sp³-hybridized carbons (Fsp3) is 0.474. The second-order valence-corrected chi connectivity index (χ2v) is 7.23. The number of aliphatic hydroxyl groups is 2. The van der Waals surface area contributed by atoms with Crippen LogP contribution in [-0.4, -0.2) is 44.7 Å². The molecule has 0 aliphatic carbocycles. The molecule has 3 N–H and O–H groups in total. The lowest BCUT2D eigenvalue weighted by molar-refractivity contribution is -0.0812. The topological polar surface area (TPSA) is 114 Å². The van der Waals surface area contributed by atoms with Crippen LogP contribution in [0.25, 0.3) is 0 Å². The first-order chi connectivity index (χ1) is 12.9. The highest BCUT2D eigenvalue weighted by atomic mass is 16.6. The van der Waals surface area contributed by atoms with Gasteiger partial charge in [-0.1, -0.05) is 24.3 Å². The van der Waals surface area contributed by atoms with Crippen molar-refractivity contribution in [2.45, 2.75) is 50.4 Å². The lowest BCUT2D eigenvalue weighted by Crippen LogP contribution is -2.38. The molecule has 0 radical (unpaired) electrons. The number of rotatable bonds is 3. The summed E-state index contributed by atoms with van der Waals surface area (Å²) in [6, 6.07) is 7.62. The van der Waals surface area contributed by atoms with Crippen LogP contribution >= 0.6 is 0 Å². The monoisotopic (exact) mass is 374 g/mol. The van der Waals surface area contributed by atoms with Crippen LogP contribution in [0.15, 0.2) is 40.1 Å². The van der Waals surface area contributed by atoms with Crippen molar-refractivity contribution in [3.05, 3.63) is 68.0 Å². The number of fused-ring (bicyclic) bond motifs is 1. The van der Waals surface area contributed by atoms with Crippen molar-refractivity contribution >= 4 is 0 Å². The van der Waals surface area contributed by atoms with Crippen molar-refractivity contribution in [1.29, 1.82) is 0 Å². The Morgan fingerprint density at radius 3 is 2.70 bits per heavy atom. The molecule has 1 aromatic carbocycles. The molecule has 2 aliphatic rings. The maximum Gasteiger partial charge on any atom is 0.330 e. The summed E-state index contributed by atoms with van der Waals surface area (Å²) in [7, 11) is 0. The molecule has 1 unspecified atom stereocenters. The molecule has 3 heterocycles. The minimum atomic E-state index is -1.04. The van der Waals surface area contributed by atoms with Crippen LogP contribution < -0.4 is 11.2 Å². The van der Waals surface area contributed by atoms with Gasteiger partial charge in [0.25, 0.3) is 5.56 Å². The molecule has 2 saturated heterocycles. The van der Waals surface area contributed by atoms with Crippen molar-refractivity contribution in [2.75, 3.05) is 6.61 Å². The molecule has 0 amide bonds. The first-order valence-electron chi connectivity index (χ1n) is 8.88. The molecule has 144 valence electrons. The number of H-pyrrole nitrogens is 1. The Kier molecular flexibility index (Phi) is 4.31. The predicted octanol–water partition coefficient (Wildman–Crippen LogP) is 0.0884. The van der Waals surface area contributed by atoms with Crippen LogP contribution in [0.1, 0.15) is 29.3 Å². The summed E-state index contributed by atoms with van der Waals surface area (Å²) in [4.78, 5) is 26.2. The van der Waals surface area contributed by atoms with Crippen LogP contribution in [0.5, 0.6) is 0 Å². The van der Waals surface area contributed by atoms with E-state index in [4.69, 9.17) is 9.47 Å². The van der Waals surface area contributed by atoms with Gasteiger partial charge in [-0.25, -0.2) is 4.79 Å². The van der Waals surface area contributed by atoms with Gasteiger partial charge >= 0.3 is 5.69 Å². The minimum absolute atomic E-state index is 0.265. The van der Waals surface area contributed by atoms with E-state index in [1.165, 1.54) is 10.8 Å². The van der Waals surface area contributed by atoms with Gasteiger partial charge in [0.2, 0.25) is 0 Å². The average molecular weight is 374 g/mol. The summed E-state index contributed by atoms with van der Waals surface area (Å²) in [6.45, 7) is 3.21. The number of hydrogen-bond acceptors (Lipinski definition) is 6. The van der Waals surface area contributed by atoms with Crippen LogP contribution in [0.4, 0.5) is 0 Å². The molecule has 0 spiro atoms. The van der Waals surface area contributed by atoms with E-state index >= 15 is 0 Å². The molecule has 4 rings (SSSR count). The largest absolute Gasteiger partial charge is 0.394 e. The Morgan fingerprint density at radius 2 is 2.00 bits per heavy atom. The number of aromatic amines is 1. The van der Waals surface area contributed by atoms with Crippen molar-refractivity contribution in [1.82, 2.24) is 9.55 Å². The highest BCUT2D eigenvalue weighted by Crippen LogP contribution is 2.53. The molecule has 0 bridgehead atoms. The molecular weight excluding hydrogens is 352 g/mol. The van der Waals surface area contributed by atoms with Crippen molar-refractivity contribution < 1.29 is 19.7 Å². The van der Waals surface area contributed by atoms with Crippen LogP contribution in [0.2, 0.25) is 0 Å². The van der Waals surface area contributed by atoms with E-state index in [0.717, 1.165) is 11.1 Å². The van der Waals surface area contributed by atoms with E-state index in [1.54, 1.807) is 6.92 Å². The Bertz CT molecular complexity index is 983. The van der Waals surface area contributed by atoms with Gasteiger partial charge in [0.15, 0.2) is 0 Å². The molecule has 0 saturated carbocycles. The summed E-state index contributed by atoms with van der Waals surface area (Å²) in [5, 5.41) is 20.2. The predicted molar refractivity (Wildman–Crippen MR) is 95.4 cm³/mol. The van der Waals surface area contributed by atoms with Crippen LogP contribution in [0.3, 0.4) is 0 Å². The SMILES string of the molecule is Cc1ccccc1[C@@]12C[C@H](n3cc(C)c(=O)[nH]c3=O)OC1[C@H](O)[C@@H](CO)O2. The summed E-state index contributed by atoms with van der Waals surface area (Å²) < 4.78 is 13.5. The van der Waals surface area contributed by atoms with Gasteiger partial charge in [0, 0.05) is 18.2 Å². The van der Waals surface area contributed by atoms with E-state index in [0.29, 0.717) is 5.56 Å². The zero-order chi connectivity index (χ0) is 19.3. The summed E-state index contributed by atoms with van der Waals surface area (Å²) in [6.07, 6.45) is -1.56. The van der Waals surface area contributed by atoms with Gasteiger partial charge in [-0.05, 0) is 25.0 Å². The van der Waals surface area contributed by atoms with E-state index in [9.17, 15) is 19.8 Å². The van der Waals surface area contributed by atoms with Gasteiger partial charge < -0.3 is 19.7 Å². The minimum Gasteiger partial charge on any atom is -0.394 e. The van der Waals surface area contributed by atoms with E-state index in [2.05, 4.69) is 4.98 Å². The zero-order valence-electron chi connectivity index (χ0n) is 15.1. The second-order valence-electron chi connectivity index (χ2n) is 7.23. The highest BCUT2D eigenvalue weighted by Gasteiger charge is 2.62.